The number of hydrogen-bond acceptors (Lipinski definition) is 5. The zero-order valence-electron chi connectivity index (χ0n) is 24.3. The first kappa shape index (κ1) is 35.8. The van der Waals surface area contributed by atoms with E-state index < -0.39 is 0 Å². The van der Waals surface area contributed by atoms with Gasteiger partial charge in [-0.05, 0) is 76.3 Å². The number of primary amides is 1. The number of nitrogens with one attached hydrogen (secondary N) is 1. The first-order chi connectivity index (χ1) is 17.8. The second-order valence-corrected chi connectivity index (χ2v) is 7.88. The Balaban J connectivity index is 0. The molecular formula is C30H49N5O2. The molecule has 0 saturated heterocycles. The largest absolute Gasteiger partial charge is 0.372 e. The summed E-state index contributed by atoms with van der Waals surface area (Å²) < 4.78 is 1.84. The van der Waals surface area contributed by atoms with Crippen molar-refractivity contribution < 1.29 is 9.59 Å². The first-order valence-corrected chi connectivity index (χ1v) is 13.1. The third kappa shape index (κ3) is 13.0. The van der Waals surface area contributed by atoms with Crippen LogP contribution in [0.1, 0.15) is 89.1 Å². The summed E-state index contributed by atoms with van der Waals surface area (Å²) in [6.45, 7) is 23.0. The van der Waals surface area contributed by atoms with E-state index in [4.69, 9.17) is 4.79 Å². The third-order valence-corrected chi connectivity index (χ3v) is 5.30. The number of nitrogens with two attached hydrogens (primary N) is 1. The lowest BCUT2D eigenvalue weighted by Crippen LogP contribution is -2.18. The summed E-state index contributed by atoms with van der Waals surface area (Å²) in [5.74, 6) is 0.742. The highest BCUT2D eigenvalue weighted by Crippen LogP contribution is 2.22. The van der Waals surface area contributed by atoms with Gasteiger partial charge in [-0.15, -0.1) is 0 Å². The molecule has 1 aliphatic carbocycles. The van der Waals surface area contributed by atoms with Crippen molar-refractivity contribution in [1.82, 2.24) is 19.7 Å². The molecule has 0 fully saturated rings. The Morgan fingerprint density at radius 2 is 1.81 bits per heavy atom. The van der Waals surface area contributed by atoms with Gasteiger partial charge in [0.2, 0.25) is 6.41 Å². The van der Waals surface area contributed by atoms with Crippen molar-refractivity contribution in [2.45, 2.75) is 74.1 Å². The summed E-state index contributed by atoms with van der Waals surface area (Å²) in [4.78, 5) is 27.7. The second kappa shape index (κ2) is 21.9. The van der Waals surface area contributed by atoms with E-state index in [-0.39, 0.29) is 6.41 Å². The summed E-state index contributed by atoms with van der Waals surface area (Å²) in [6.07, 6.45) is 14.2. The Bertz CT molecular complexity index is 1020. The van der Waals surface area contributed by atoms with E-state index >= 15 is 0 Å². The van der Waals surface area contributed by atoms with E-state index in [0.717, 1.165) is 48.6 Å². The summed E-state index contributed by atoms with van der Waals surface area (Å²) in [6, 6.07) is 1.71. The molecule has 3 rings (SSSR count). The molecule has 2 aromatic rings. The molecule has 1 aliphatic rings. The van der Waals surface area contributed by atoms with Crippen molar-refractivity contribution in [2.75, 3.05) is 13.6 Å². The maximum Gasteiger partial charge on any atom is 0.204 e. The molecule has 206 valence electrons. The number of aromatic nitrogens is 3. The smallest absolute Gasteiger partial charge is 0.204 e. The van der Waals surface area contributed by atoms with Crippen LogP contribution < -0.4 is 11.1 Å². The maximum atomic E-state index is 10.7. The van der Waals surface area contributed by atoms with E-state index in [1.165, 1.54) is 24.0 Å². The molecule has 3 N–H and O–H groups in total. The Kier molecular flexibility index (Phi) is 21.2. The lowest BCUT2D eigenvalue weighted by atomic mass is 9.92. The molecule has 7 nitrogen and oxygen atoms in total. The average Bonchev–Trinajstić information content (AvgIpc) is 3.28. The van der Waals surface area contributed by atoms with Gasteiger partial charge in [0.05, 0.1) is 11.4 Å². The fourth-order valence-corrected chi connectivity index (χ4v) is 3.45. The monoisotopic (exact) mass is 511 g/mol. The maximum absolute atomic E-state index is 10.7. The van der Waals surface area contributed by atoms with E-state index in [1.54, 1.807) is 12.4 Å². The van der Waals surface area contributed by atoms with Gasteiger partial charge in [-0.2, -0.15) is 0 Å². The van der Waals surface area contributed by atoms with Crippen molar-refractivity contribution in [3.63, 3.8) is 0 Å². The van der Waals surface area contributed by atoms with Gasteiger partial charge in [0.25, 0.3) is 0 Å². The topological polar surface area (TPSA) is 102 Å². The molecular weight excluding hydrogens is 462 g/mol. The predicted molar refractivity (Wildman–Crippen MR) is 159 cm³/mol. The van der Waals surface area contributed by atoms with E-state index in [1.807, 2.05) is 53.0 Å². The van der Waals surface area contributed by atoms with Gasteiger partial charge in [-0.1, -0.05) is 71.6 Å². The van der Waals surface area contributed by atoms with Crippen LogP contribution in [0.5, 0.6) is 0 Å². The normalized spacial score (nSPS) is 15.1. The van der Waals surface area contributed by atoms with E-state index in [0.29, 0.717) is 11.3 Å². The van der Waals surface area contributed by atoms with Crippen molar-refractivity contribution in [3.8, 4) is 0 Å². The number of allylic oxidation sites excluding steroid dienone is 6. The number of aldehydes is 1. The lowest BCUT2D eigenvalue weighted by molar-refractivity contribution is -0.106. The van der Waals surface area contributed by atoms with Crippen molar-refractivity contribution in [2.24, 2.45) is 11.7 Å². The van der Waals surface area contributed by atoms with Gasteiger partial charge in [0.15, 0.2) is 11.9 Å². The molecule has 0 bridgehead atoms. The molecule has 7 heteroatoms. The third-order valence-electron chi connectivity index (χ3n) is 5.30. The molecule has 0 aromatic carbocycles. The van der Waals surface area contributed by atoms with Gasteiger partial charge in [0.1, 0.15) is 12.0 Å². The van der Waals surface area contributed by atoms with Crippen LogP contribution in [0.3, 0.4) is 0 Å². The fraction of sp³-hybridized carbons (Fsp3) is 0.467. The van der Waals surface area contributed by atoms with Gasteiger partial charge in [-0.3, -0.25) is 14.0 Å². The number of amides is 1. The van der Waals surface area contributed by atoms with Crippen LogP contribution in [-0.2, 0) is 4.79 Å². The number of carbonyl (C=O) groups is 2. The van der Waals surface area contributed by atoms with Gasteiger partial charge < -0.3 is 11.1 Å². The molecule has 37 heavy (non-hydrogen) atoms. The molecule has 0 radical (unpaired) electrons. The molecule has 2 aromatic heterocycles. The van der Waals surface area contributed by atoms with Gasteiger partial charge in [-0.25, -0.2) is 9.97 Å². The summed E-state index contributed by atoms with van der Waals surface area (Å²) in [5, 5.41) is 3.26. The molecule has 1 amide bonds. The number of hydrogen-bond donors (Lipinski definition) is 2. The van der Waals surface area contributed by atoms with Crippen LogP contribution in [0.25, 0.3) is 11.2 Å². The fourth-order valence-electron chi connectivity index (χ4n) is 3.45. The minimum Gasteiger partial charge on any atom is -0.372 e. The van der Waals surface area contributed by atoms with Crippen molar-refractivity contribution >= 4 is 23.9 Å². The molecule has 0 saturated carbocycles. The van der Waals surface area contributed by atoms with Crippen molar-refractivity contribution in [3.05, 3.63) is 72.0 Å². The number of imidazole rings is 1. The standard InChI is InChI=1S/C14H23N.C11H11N3O.2C2H6.CH3NO/c1-4-12(2)14-8-6-5-7-13(9-10-14)11-15-3;1-7(2)10-4-9(5-15)13-11-8(3)12-6-14(10)11;2*1-2;2-1-3/h5-6,10,13,15H,2,4,7-9,11H2,1,3H3;4-6H,1H2,2-3H3;2*1-2H3;1H,(H2,2,3)/b6-5?,14-10+;;;;. The molecule has 0 aliphatic heterocycles. The second-order valence-electron chi connectivity index (χ2n) is 7.88. The van der Waals surface area contributed by atoms with Gasteiger partial charge in [0, 0.05) is 0 Å². The molecule has 1 atom stereocenters. The van der Waals surface area contributed by atoms with E-state index in [2.05, 4.69) is 59.3 Å². The number of rotatable bonds is 6. The highest BCUT2D eigenvalue weighted by atomic mass is 16.1. The summed E-state index contributed by atoms with van der Waals surface area (Å²) in [5.41, 5.74) is 10.6. The predicted octanol–water partition coefficient (Wildman–Crippen LogP) is 6.49. The molecule has 1 unspecified atom stereocenters. The minimum absolute atomic E-state index is 0.250. The first-order valence-electron chi connectivity index (χ1n) is 13.1. The van der Waals surface area contributed by atoms with Crippen LogP contribution >= 0.6 is 0 Å². The highest BCUT2D eigenvalue weighted by molar-refractivity contribution is 5.76. The summed E-state index contributed by atoms with van der Waals surface area (Å²) >= 11 is 0. The number of aryl methyl sites for hydroxylation is 1. The Labute approximate surface area is 224 Å². The molecule has 0 spiro atoms. The highest BCUT2D eigenvalue weighted by Gasteiger charge is 2.09. The lowest BCUT2D eigenvalue weighted by Gasteiger charge is -2.16. The summed E-state index contributed by atoms with van der Waals surface area (Å²) in [7, 11) is 2.03. The van der Waals surface area contributed by atoms with E-state index in [9.17, 15) is 4.79 Å². The Morgan fingerprint density at radius 1 is 1.19 bits per heavy atom. The number of carbonyl (C=O) groups excluding carboxylic acids is 2. The van der Waals surface area contributed by atoms with Gasteiger partial charge >= 0.3 is 0 Å². The minimum atomic E-state index is 0.250. The van der Waals surface area contributed by atoms with Crippen LogP contribution in [0.15, 0.2) is 54.9 Å². The zero-order chi connectivity index (χ0) is 28.8. The van der Waals surface area contributed by atoms with Crippen LogP contribution in [0.2, 0.25) is 0 Å². The zero-order valence-corrected chi connectivity index (χ0v) is 24.3. The average molecular weight is 512 g/mol. The van der Waals surface area contributed by atoms with Crippen LogP contribution in [0, 0.1) is 12.8 Å². The van der Waals surface area contributed by atoms with Crippen LogP contribution in [-0.4, -0.2) is 40.7 Å². The number of fused-ring (bicyclic) bond motifs is 1. The van der Waals surface area contributed by atoms with Crippen LogP contribution in [0.4, 0.5) is 0 Å². The number of nitrogens with zero attached hydrogens (tertiary/aromatic N) is 3. The SMILES string of the molecule is C=C(C)c1cc(C=O)nc2c(C)ncn12.C=C(CC)/C1=C/CC(CNC)CC=CC1.CC.CC.NC=O. The Morgan fingerprint density at radius 3 is 2.32 bits per heavy atom. The Hall–Kier alpha value is -3.32. The quantitative estimate of drug-likeness (QED) is 0.341. The molecule has 2 heterocycles. The van der Waals surface area contributed by atoms with Crippen molar-refractivity contribution in [1.29, 1.82) is 0 Å².